The SMILES string of the molecule is COC(=O)C1=CC(c2cccc(C)c2)=CS1(=O)=O. The van der Waals surface area contributed by atoms with E-state index in [1.807, 2.05) is 25.1 Å². The average molecular weight is 264 g/mol. The van der Waals surface area contributed by atoms with E-state index in [-0.39, 0.29) is 4.91 Å². The van der Waals surface area contributed by atoms with Gasteiger partial charge >= 0.3 is 5.97 Å². The van der Waals surface area contributed by atoms with Crippen molar-refractivity contribution in [2.24, 2.45) is 0 Å². The fraction of sp³-hybridized carbons (Fsp3) is 0.154. The number of carbonyl (C=O) groups excluding carboxylic acids is 1. The lowest BCUT2D eigenvalue weighted by Gasteiger charge is -1.99. The number of methoxy groups -OCH3 is 1. The Morgan fingerprint density at radius 2 is 2.00 bits per heavy atom. The van der Waals surface area contributed by atoms with Crippen molar-refractivity contribution >= 4 is 21.4 Å². The summed E-state index contributed by atoms with van der Waals surface area (Å²) in [5.74, 6) is -0.839. The molecule has 0 N–H and O–H groups in total. The highest BCUT2D eigenvalue weighted by molar-refractivity contribution is 7.99. The zero-order chi connectivity index (χ0) is 13.3. The third kappa shape index (κ3) is 2.22. The van der Waals surface area contributed by atoms with Crippen LogP contribution in [-0.2, 0) is 19.4 Å². The van der Waals surface area contributed by atoms with E-state index in [9.17, 15) is 13.2 Å². The first-order chi connectivity index (χ1) is 8.44. The molecule has 94 valence electrons. The lowest BCUT2D eigenvalue weighted by atomic mass is 10.0. The molecule has 0 atom stereocenters. The minimum Gasteiger partial charge on any atom is -0.465 e. The maximum absolute atomic E-state index is 11.8. The summed E-state index contributed by atoms with van der Waals surface area (Å²) in [4.78, 5) is 11.1. The summed E-state index contributed by atoms with van der Waals surface area (Å²) in [6.45, 7) is 1.92. The molecular weight excluding hydrogens is 252 g/mol. The molecule has 1 aliphatic rings. The molecule has 5 heteroatoms. The predicted molar refractivity (Wildman–Crippen MR) is 68.2 cm³/mol. The molecule has 0 spiro atoms. The standard InChI is InChI=1S/C13H12O4S/c1-9-4-3-5-10(6-9)11-7-12(13(14)17-2)18(15,16)8-11/h3-8H,1-2H3. The number of carbonyl (C=O) groups is 1. The van der Waals surface area contributed by atoms with Crippen LogP contribution >= 0.6 is 0 Å². The Hall–Kier alpha value is -1.88. The zero-order valence-electron chi connectivity index (χ0n) is 10.0. The second-order valence-corrected chi connectivity index (χ2v) is 5.75. The highest BCUT2D eigenvalue weighted by Crippen LogP contribution is 2.30. The van der Waals surface area contributed by atoms with Crippen molar-refractivity contribution in [2.45, 2.75) is 6.92 Å². The minimum absolute atomic E-state index is 0.318. The number of aryl methyl sites for hydroxylation is 1. The van der Waals surface area contributed by atoms with Gasteiger partial charge in [0.05, 0.1) is 7.11 Å². The Morgan fingerprint density at radius 3 is 2.61 bits per heavy atom. The molecular formula is C13H12O4S. The fourth-order valence-corrected chi connectivity index (χ4v) is 3.01. The molecule has 0 saturated carbocycles. The van der Waals surface area contributed by atoms with Gasteiger partial charge in [-0.25, -0.2) is 13.2 Å². The molecule has 1 heterocycles. The van der Waals surface area contributed by atoms with Gasteiger partial charge in [0, 0.05) is 5.41 Å². The first kappa shape index (κ1) is 12.6. The zero-order valence-corrected chi connectivity index (χ0v) is 10.8. The summed E-state index contributed by atoms with van der Waals surface area (Å²) in [5, 5.41) is 1.09. The van der Waals surface area contributed by atoms with E-state index in [2.05, 4.69) is 4.74 Å². The van der Waals surface area contributed by atoms with Crippen molar-refractivity contribution in [1.29, 1.82) is 0 Å². The van der Waals surface area contributed by atoms with Crippen molar-refractivity contribution in [1.82, 2.24) is 0 Å². The van der Waals surface area contributed by atoms with Crippen LogP contribution in [-0.4, -0.2) is 21.5 Å². The quantitative estimate of drug-likeness (QED) is 0.764. The van der Waals surface area contributed by atoms with Gasteiger partial charge in [-0.15, -0.1) is 0 Å². The van der Waals surface area contributed by atoms with Gasteiger partial charge < -0.3 is 4.74 Å². The number of hydrogen-bond donors (Lipinski definition) is 0. The lowest BCUT2D eigenvalue weighted by molar-refractivity contribution is -0.135. The highest BCUT2D eigenvalue weighted by Gasteiger charge is 2.29. The Kier molecular flexibility index (Phi) is 3.09. The molecule has 1 aliphatic heterocycles. The average Bonchev–Trinajstić information content (AvgIpc) is 2.64. The Morgan fingerprint density at radius 1 is 1.28 bits per heavy atom. The second-order valence-electron chi connectivity index (χ2n) is 3.99. The molecule has 0 aliphatic carbocycles. The fourth-order valence-electron chi connectivity index (χ4n) is 1.74. The molecule has 0 fully saturated rings. The maximum Gasteiger partial charge on any atom is 0.349 e. The predicted octanol–water partition coefficient (Wildman–Crippen LogP) is 1.82. The Balaban J connectivity index is 2.50. The van der Waals surface area contributed by atoms with E-state index in [1.165, 1.54) is 6.08 Å². The van der Waals surface area contributed by atoms with E-state index in [4.69, 9.17) is 0 Å². The molecule has 1 aromatic rings. The largest absolute Gasteiger partial charge is 0.465 e. The topological polar surface area (TPSA) is 60.4 Å². The molecule has 0 radical (unpaired) electrons. The molecule has 1 aromatic carbocycles. The summed E-state index contributed by atoms with van der Waals surface area (Å²) >= 11 is 0. The monoisotopic (exact) mass is 264 g/mol. The maximum atomic E-state index is 11.8. The summed E-state index contributed by atoms with van der Waals surface area (Å²) < 4.78 is 28.0. The third-order valence-electron chi connectivity index (χ3n) is 2.61. The second kappa shape index (κ2) is 4.42. The van der Waals surface area contributed by atoms with Crippen molar-refractivity contribution in [3.8, 4) is 0 Å². The summed E-state index contributed by atoms with van der Waals surface area (Å²) in [7, 11) is -2.53. The van der Waals surface area contributed by atoms with Crippen LogP contribution in [0.25, 0.3) is 5.57 Å². The molecule has 0 aromatic heterocycles. The van der Waals surface area contributed by atoms with E-state index >= 15 is 0 Å². The molecule has 0 bridgehead atoms. The Bertz CT molecular complexity index is 666. The summed E-state index contributed by atoms with van der Waals surface area (Å²) in [5.41, 5.74) is 2.28. The van der Waals surface area contributed by atoms with Crippen molar-refractivity contribution in [2.75, 3.05) is 7.11 Å². The van der Waals surface area contributed by atoms with Gasteiger partial charge in [0.25, 0.3) is 0 Å². The van der Waals surface area contributed by atoms with E-state index in [1.54, 1.807) is 6.07 Å². The Labute approximate surface area is 106 Å². The number of rotatable bonds is 2. The van der Waals surface area contributed by atoms with Crippen LogP contribution in [0.5, 0.6) is 0 Å². The molecule has 0 saturated heterocycles. The normalized spacial score (nSPS) is 17.0. The van der Waals surface area contributed by atoms with Gasteiger partial charge in [0.15, 0.2) is 4.91 Å². The van der Waals surface area contributed by atoms with Crippen LogP contribution in [0.4, 0.5) is 0 Å². The smallest absolute Gasteiger partial charge is 0.349 e. The molecule has 0 unspecified atom stereocenters. The van der Waals surface area contributed by atoms with Crippen molar-refractivity contribution < 1.29 is 17.9 Å². The number of benzene rings is 1. The molecule has 18 heavy (non-hydrogen) atoms. The van der Waals surface area contributed by atoms with Gasteiger partial charge in [0.1, 0.15) is 0 Å². The first-order valence-electron chi connectivity index (χ1n) is 5.28. The van der Waals surface area contributed by atoms with Crippen molar-refractivity contribution in [3.05, 3.63) is 51.8 Å². The van der Waals surface area contributed by atoms with Crippen LogP contribution in [0.2, 0.25) is 0 Å². The van der Waals surface area contributed by atoms with Crippen LogP contribution in [0.15, 0.2) is 40.7 Å². The summed E-state index contributed by atoms with van der Waals surface area (Å²) in [6, 6.07) is 7.41. The van der Waals surface area contributed by atoms with Crippen molar-refractivity contribution in [3.63, 3.8) is 0 Å². The first-order valence-corrected chi connectivity index (χ1v) is 6.82. The van der Waals surface area contributed by atoms with Crippen LogP contribution in [0.3, 0.4) is 0 Å². The number of sulfone groups is 1. The molecule has 4 nitrogen and oxygen atoms in total. The van der Waals surface area contributed by atoms with Gasteiger partial charge in [-0.05, 0) is 24.1 Å². The van der Waals surface area contributed by atoms with Gasteiger partial charge in [-0.2, -0.15) is 0 Å². The third-order valence-corrected chi connectivity index (χ3v) is 4.08. The molecule has 0 amide bonds. The van der Waals surface area contributed by atoms with E-state index in [0.29, 0.717) is 5.57 Å². The number of esters is 1. The van der Waals surface area contributed by atoms with E-state index in [0.717, 1.165) is 23.6 Å². The van der Waals surface area contributed by atoms with Gasteiger partial charge in [0.2, 0.25) is 9.84 Å². The van der Waals surface area contributed by atoms with Crippen LogP contribution in [0, 0.1) is 6.92 Å². The highest BCUT2D eigenvalue weighted by atomic mass is 32.2. The number of ether oxygens (including phenoxy) is 1. The number of allylic oxidation sites excluding steroid dienone is 2. The lowest BCUT2D eigenvalue weighted by Crippen LogP contribution is -2.10. The molecule has 2 rings (SSSR count). The summed E-state index contributed by atoms with van der Waals surface area (Å²) in [6.07, 6.45) is 1.34. The van der Waals surface area contributed by atoms with E-state index < -0.39 is 15.8 Å². The van der Waals surface area contributed by atoms with Gasteiger partial charge in [-0.1, -0.05) is 29.8 Å². The van der Waals surface area contributed by atoms with Gasteiger partial charge in [-0.3, -0.25) is 0 Å². The van der Waals surface area contributed by atoms with Crippen LogP contribution < -0.4 is 0 Å². The number of hydrogen-bond acceptors (Lipinski definition) is 4. The minimum atomic E-state index is -3.68. The van der Waals surface area contributed by atoms with Crippen LogP contribution in [0.1, 0.15) is 11.1 Å².